The number of aromatic amines is 1. The van der Waals surface area contributed by atoms with Crippen LogP contribution in [0.2, 0.25) is 0 Å². The SMILES string of the molecule is N/N=N\C(N)c1ccc(-c2cnc3n[nH]c(C(=O)c4ccc(F)c(NS(=O)Cc5ccccc5)c4F)c3c2)cc1. The molecule has 13 heteroatoms. The number of rotatable bonds is 9. The quantitative estimate of drug-likeness (QED) is 0.0884. The molecule has 0 saturated heterocycles. The highest BCUT2D eigenvalue weighted by Gasteiger charge is 2.24. The number of hydrogen-bond donors (Lipinski definition) is 4. The summed E-state index contributed by atoms with van der Waals surface area (Å²) in [6.45, 7) is 0. The lowest BCUT2D eigenvalue weighted by Crippen LogP contribution is -2.13. The van der Waals surface area contributed by atoms with Gasteiger partial charge in [0.05, 0.1) is 16.7 Å². The number of ketones is 1. The van der Waals surface area contributed by atoms with Crippen molar-refractivity contribution in [2.75, 3.05) is 4.72 Å². The number of halogens is 2. The summed E-state index contributed by atoms with van der Waals surface area (Å²) < 4.78 is 44.9. The summed E-state index contributed by atoms with van der Waals surface area (Å²) in [5.74, 6) is 2.15. The highest BCUT2D eigenvalue weighted by Crippen LogP contribution is 2.29. The monoisotopic (exact) mass is 560 g/mol. The van der Waals surface area contributed by atoms with Gasteiger partial charge in [0.2, 0.25) is 5.78 Å². The Morgan fingerprint density at radius 1 is 1.05 bits per heavy atom. The minimum absolute atomic E-state index is 0.0154. The lowest BCUT2D eigenvalue weighted by atomic mass is 10.0. The first-order valence-electron chi connectivity index (χ1n) is 11.9. The van der Waals surface area contributed by atoms with Crippen molar-refractivity contribution in [3.8, 4) is 11.1 Å². The number of aromatic nitrogens is 3. The number of hydrogen-bond acceptors (Lipinski definition) is 7. The van der Waals surface area contributed by atoms with Crippen LogP contribution < -0.4 is 16.3 Å². The smallest absolute Gasteiger partial charge is 0.214 e. The molecule has 10 nitrogen and oxygen atoms in total. The molecule has 40 heavy (non-hydrogen) atoms. The lowest BCUT2D eigenvalue weighted by Gasteiger charge is -2.11. The van der Waals surface area contributed by atoms with Crippen molar-refractivity contribution in [2.45, 2.75) is 11.9 Å². The summed E-state index contributed by atoms with van der Waals surface area (Å²) in [6, 6.07) is 19.6. The van der Waals surface area contributed by atoms with E-state index in [0.717, 1.165) is 17.7 Å². The molecule has 2 heterocycles. The van der Waals surface area contributed by atoms with Crippen molar-refractivity contribution in [3.05, 3.63) is 113 Å². The third kappa shape index (κ3) is 5.46. The van der Waals surface area contributed by atoms with E-state index in [1.807, 2.05) is 0 Å². The molecule has 0 aliphatic rings. The first kappa shape index (κ1) is 26.7. The first-order chi connectivity index (χ1) is 19.4. The number of carbonyl (C=O) groups excluding carboxylic acids is 1. The van der Waals surface area contributed by atoms with Crippen LogP contribution >= 0.6 is 0 Å². The largest absolute Gasteiger partial charge is 0.305 e. The highest BCUT2D eigenvalue weighted by atomic mass is 32.2. The second-order valence-corrected chi connectivity index (χ2v) is 9.87. The van der Waals surface area contributed by atoms with Crippen LogP contribution in [-0.2, 0) is 16.7 Å². The van der Waals surface area contributed by atoms with E-state index in [1.54, 1.807) is 66.9 Å². The van der Waals surface area contributed by atoms with Crippen LogP contribution in [-0.4, -0.2) is 25.2 Å². The zero-order chi connectivity index (χ0) is 28.2. The molecule has 0 saturated carbocycles. The van der Waals surface area contributed by atoms with Gasteiger partial charge in [0.25, 0.3) is 0 Å². The molecule has 2 aromatic heterocycles. The molecular formula is C27H22F2N8O2S. The summed E-state index contributed by atoms with van der Waals surface area (Å²) in [6.07, 6.45) is 0.868. The molecule has 0 fully saturated rings. The molecule has 5 rings (SSSR count). The molecule has 6 N–H and O–H groups in total. The average molecular weight is 561 g/mol. The number of fused-ring (bicyclic) bond motifs is 1. The van der Waals surface area contributed by atoms with E-state index >= 15 is 4.39 Å². The number of nitrogens with two attached hydrogens (primary N) is 2. The molecule has 0 spiro atoms. The van der Waals surface area contributed by atoms with Gasteiger partial charge < -0.3 is 11.6 Å². The van der Waals surface area contributed by atoms with Crippen molar-refractivity contribution < 1.29 is 17.8 Å². The molecule has 0 aliphatic carbocycles. The minimum atomic E-state index is -1.85. The molecule has 5 aromatic rings. The van der Waals surface area contributed by atoms with E-state index in [2.05, 4.69) is 30.2 Å². The number of benzene rings is 3. The molecule has 0 amide bonds. The minimum Gasteiger partial charge on any atom is -0.305 e. The Kier molecular flexibility index (Phi) is 7.66. The maximum Gasteiger partial charge on any atom is 0.214 e. The Morgan fingerprint density at radius 2 is 1.80 bits per heavy atom. The molecule has 202 valence electrons. The number of carbonyl (C=O) groups is 1. The zero-order valence-electron chi connectivity index (χ0n) is 20.7. The number of pyridine rings is 1. The second-order valence-electron chi connectivity index (χ2n) is 8.68. The van der Waals surface area contributed by atoms with Crippen LogP contribution in [0.1, 0.15) is 33.3 Å². The third-order valence-electron chi connectivity index (χ3n) is 6.11. The number of nitrogens with one attached hydrogen (secondary N) is 2. The fourth-order valence-corrected chi connectivity index (χ4v) is 5.06. The fourth-order valence-electron chi connectivity index (χ4n) is 4.07. The Hall–Kier alpha value is -4.88. The maximum absolute atomic E-state index is 15.4. The van der Waals surface area contributed by atoms with Crippen molar-refractivity contribution >= 4 is 33.5 Å². The fraction of sp³-hybridized carbons (Fsp3) is 0.0741. The van der Waals surface area contributed by atoms with E-state index in [4.69, 9.17) is 11.6 Å². The molecular weight excluding hydrogens is 538 g/mol. The normalized spacial score (nSPS) is 13.0. The van der Waals surface area contributed by atoms with Gasteiger partial charge in [0.15, 0.2) is 11.5 Å². The third-order valence-corrected chi connectivity index (χ3v) is 7.13. The highest BCUT2D eigenvalue weighted by molar-refractivity contribution is 7.85. The van der Waals surface area contributed by atoms with Crippen LogP contribution in [0.15, 0.2) is 89.3 Å². The van der Waals surface area contributed by atoms with Crippen molar-refractivity contribution in [1.82, 2.24) is 15.2 Å². The lowest BCUT2D eigenvalue weighted by molar-refractivity contribution is 0.103. The zero-order valence-corrected chi connectivity index (χ0v) is 21.5. The molecule has 0 bridgehead atoms. The summed E-state index contributed by atoms with van der Waals surface area (Å²) in [7, 11) is -1.85. The van der Waals surface area contributed by atoms with Crippen LogP contribution in [0.25, 0.3) is 22.2 Å². The second kappa shape index (κ2) is 11.5. The van der Waals surface area contributed by atoms with Gasteiger partial charge in [-0.2, -0.15) is 5.10 Å². The Morgan fingerprint density at radius 3 is 2.52 bits per heavy atom. The molecule has 2 unspecified atom stereocenters. The van der Waals surface area contributed by atoms with E-state index in [-0.39, 0.29) is 17.1 Å². The van der Waals surface area contributed by atoms with Crippen LogP contribution in [0.5, 0.6) is 0 Å². The van der Waals surface area contributed by atoms with Crippen LogP contribution in [0.4, 0.5) is 14.5 Å². The van der Waals surface area contributed by atoms with Gasteiger partial charge in [-0.25, -0.2) is 18.0 Å². The maximum atomic E-state index is 15.4. The Balaban J connectivity index is 1.44. The molecule has 3 aromatic carbocycles. The summed E-state index contributed by atoms with van der Waals surface area (Å²) in [4.78, 5) is 17.7. The van der Waals surface area contributed by atoms with Gasteiger partial charge in [-0.3, -0.25) is 14.6 Å². The van der Waals surface area contributed by atoms with E-state index < -0.39 is 45.8 Å². The van der Waals surface area contributed by atoms with E-state index in [9.17, 15) is 13.4 Å². The summed E-state index contributed by atoms with van der Waals surface area (Å²) >= 11 is 0. The average Bonchev–Trinajstić information content (AvgIpc) is 3.39. The van der Waals surface area contributed by atoms with Crippen molar-refractivity contribution in [1.29, 1.82) is 0 Å². The molecule has 0 aliphatic heterocycles. The predicted molar refractivity (Wildman–Crippen MR) is 147 cm³/mol. The topological polar surface area (TPSA) is 164 Å². The first-order valence-corrected chi connectivity index (χ1v) is 13.2. The summed E-state index contributed by atoms with van der Waals surface area (Å²) in [5.41, 5.74) is 7.81. The van der Waals surface area contributed by atoms with Gasteiger partial charge in [-0.1, -0.05) is 59.8 Å². The van der Waals surface area contributed by atoms with E-state index in [1.165, 1.54) is 0 Å². The number of H-pyrrole nitrogens is 1. The van der Waals surface area contributed by atoms with E-state index in [0.29, 0.717) is 22.1 Å². The van der Waals surface area contributed by atoms with Gasteiger partial charge in [0, 0.05) is 11.8 Å². The van der Waals surface area contributed by atoms with Crippen LogP contribution in [0.3, 0.4) is 0 Å². The van der Waals surface area contributed by atoms with Gasteiger partial charge in [-0.05, 0) is 34.9 Å². The molecule has 2 atom stereocenters. The standard InChI is InChI=1S/C27H22F2N8O2S/c28-21-11-10-19(22(29)24(21)36-40(39)14-15-4-2-1-3-5-15)25(38)23-20-12-18(13-32-27(20)35-33-23)16-6-8-17(9-7-16)26(30)34-37-31/h1-13,26,36H,14,30H2,(H2,31,34)(H,32,33,35). The summed E-state index contributed by atoms with van der Waals surface area (Å²) in [5, 5.41) is 13.9. The van der Waals surface area contributed by atoms with Crippen molar-refractivity contribution in [3.63, 3.8) is 0 Å². The van der Waals surface area contributed by atoms with Gasteiger partial charge in [0.1, 0.15) is 34.3 Å². The number of nitrogens with zero attached hydrogens (tertiary/aromatic N) is 4. The Bertz CT molecular complexity index is 1740. The van der Waals surface area contributed by atoms with Crippen molar-refractivity contribution in [2.24, 2.45) is 21.9 Å². The predicted octanol–water partition coefficient (Wildman–Crippen LogP) is 4.69. The van der Waals surface area contributed by atoms with Gasteiger partial charge in [-0.15, -0.1) is 5.11 Å². The molecule has 0 radical (unpaired) electrons. The van der Waals surface area contributed by atoms with Gasteiger partial charge >= 0.3 is 0 Å². The Labute approximate surface area is 229 Å². The van der Waals surface area contributed by atoms with Crippen LogP contribution in [0, 0.1) is 11.6 Å². The number of anilines is 1.